The van der Waals surface area contributed by atoms with Gasteiger partial charge < -0.3 is 4.90 Å². The molecule has 0 aliphatic heterocycles. The van der Waals surface area contributed by atoms with E-state index in [-0.39, 0.29) is 12.5 Å². The fourth-order valence-corrected chi connectivity index (χ4v) is 3.08. The van der Waals surface area contributed by atoms with Gasteiger partial charge in [0.05, 0.1) is 11.4 Å². The van der Waals surface area contributed by atoms with Gasteiger partial charge >= 0.3 is 0 Å². The average molecular weight is 312 g/mol. The van der Waals surface area contributed by atoms with Crippen LogP contribution in [0, 0.1) is 0 Å². The number of nitrogens with zero attached hydrogens (tertiary/aromatic N) is 2. The molecule has 1 amide bonds. The first-order valence-corrected chi connectivity index (χ1v) is 7.49. The predicted molar refractivity (Wildman–Crippen MR) is 82.3 cm³/mol. The van der Waals surface area contributed by atoms with Crippen LogP contribution in [-0.2, 0) is 0 Å². The van der Waals surface area contributed by atoms with Gasteiger partial charge in [-0.2, -0.15) is 0 Å². The highest BCUT2D eigenvalue weighted by molar-refractivity contribution is 7.20. The number of halogens is 2. The van der Waals surface area contributed by atoms with E-state index in [2.05, 4.69) is 0 Å². The van der Waals surface area contributed by atoms with Gasteiger partial charge in [-0.3, -0.25) is 9.69 Å². The normalized spacial score (nSPS) is 11.5. The Morgan fingerprint density at radius 3 is 2.62 bits per heavy atom. The molecule has 114 valence electrons. The van der Waals surface area contributed by atoms with E-state index in [4.69, 9.17) is 0 Å². The largest absolute Gasteiger partial charge is 0.340 e. The van der Waals surface area contributed by atoms with Crippen LogP contribution in [0.5, 0.6) is 0 Å². The van der Waals surface area contributed by atoms with Gasteiger partial charge in [0.2, 0.25) is 0 Å². The second-order valence-electron chi connectivity index (χ2n) is 5.03. The van der Waals surface area contributed by atoms with E-state index in [9.17, 15) is 13.6 Å². The third-order valence-electron chi connectivity index (χ3n) is 3.25. The van der Waals surface area contributed by atoms with Gasteiger partial charge in [0.15, 0.2) is 0 Å². The maximum atomic E-state index is 12.3. The van der Waals surface area contributed by atoms with E-state index in [1.54, 1.807) is 19.0 Å². The van der Waals surface area contributed by atoms with E-state index in [0.29, 0.717) is 18.0 Å². The standard InChI is InChI=1S/C15H18F2N2OS/c1-18(10-14(16)17)7-8-19(2)15(20)13-9-11-5-3-4-6-12(11)21-13/h3-6,9,14H,7-8,10H2,1-2H3. The highest BCUT2D eigenvalue weighted by Gasteiger charge is 2.16. The minimum absolute atomic E-state index is 0.0679. The van der Waals surface area contributed by atoms with Crippen molar-refractivity contribution in [2.24, 2.45) is 0 Å². The van der Waals surface area contributed by atoms with Crippen LogP contribution in [0.4, 0.5) is 8.78 Å². The van der Waals surface area contributed by atoms with Gasteiger partial charge in [0.1, 0.15) is 0 Å². The molecule has 0 saturated heterocycles. The molecule has 1 heterocycles. The zero-order chi connectivity index (χ0) is 15.4. The molecule has 0 atom stereocenters. The molecule has 2 aromatic rings. The Bertz CT molecular complexity index is 581. The van der Waals surface area contributed by atoms with Crippen molar-refractivity contribution < 1.29 is 13.6 Å². The van der Waals surface area contributed by atoms with Crippen LogP contribution < -0.4 is 0 Å². The van der Waals surface area contributed by atoms with Crippen molar-refractivity contribution in [1.29, 1.82) is 0 Å². The molecule has 0 aliphatic rings. The molecule has 0 radical (unpaired) electrons. The van der Waals surface area contributed by atoms with Gasteiger partial charge in [-0.15, -0.1) is 11.3 Å². The highest BCUT2D eigenvalue weighted by Crippen LogP contribution is 2.25. The predicted octanol–water partition coefficient (Wildman–Crippen LogP) is 3.17. The van der Waals surface area contributed by atoms with Crippen molar-refractivity contribution >= 4 is 27.3 Å². The van der Waals surface area contributed by atoms with Gasteiger partial charge in [0.25, 0.3) is 12.3 Å². The molecule has 1 aromatic heterocycles. The van der Waals surface area contributed by atoms with Crippen LogP contribution >= 0.6 is 11.3 Å². The number of carbonyl (C=O) groups excluding carboxylic acids is 1. The molecule has 2 rings (SSSR count). The lowest BCUT2D eigenvalue weighted by Gasteiger charge is -2.21. The van der Waals surface area contributed by atoms with Crippen molar-refractivity contribution in [3.8, 4) is 0 Å². The number of thiophene rings is 1. The van der Waals surface area contributed by atoms with Crippen molar-refractivity contribution in [2.45, 2.75) is 6.43 Å². The molecule has 0 unspecified atom stereocenters. The molecule has 6 heteroatoms. The first kappa shape index (κ1) is 15.9. The zero-order valence-electron chi connectivity index (χ0n) is 12.1. The van der Waals surface area contributed by atoms with Crippen LogP contribution in [0.2, 0.25) is 0 Å². The maximum Gasteiger partial charge on any atom is 0.263 e. The number of hydrogen-bond acceptors (Lipinski definition) is 3. The van der Waals surface area contributed by atoms with E-state index >= 15 is 0 Å². The highest BCUT2D eigenvalue weighted by atomic mass is 32.1. The molecule has 0 fully saturated rings. The lowest BCUT2D eigenvalue weighted by atomic mass is 10.2. The summed E-state index contributed by atoms with van der Waals surface area (Å²) in [5.41, 5.74) is 0. The molecular formula is C15H18F2N2OS. The van der Waals surface area contributed by atoms with E-state index < -0.39 is 6.43 Å². The smallest absolute Gasteiger partial charge is 0.263 e. The number of rotatable bonds is 6. The molecule has 3 nitrogen and oxygen atoms in total. The number of fused-ring (bicyclic) bond motifs is 1. The maximum absolute atomic E-state index is 12.3. The Morgan fingerprint density at radius 2 is 1.95 bits per heavy atom. The van der Waals surface area contributed by atoms with Crippen molar-refractivity contribution in [2.75, 3.05) is 33.7 Å². The third kappa shape index (κ3) is 4.22. The summed E-state index contributed by atoms with van der Waals surface area (Å²) in [6.07, 6.45) is -2.35. The molecule has 0 saturated carbocycles. The van der Waals surface area contributed by atoms with Crippen LogP contribution in [0.15, 0.2) is 30.3 Å². The third-order valence-corrected chi connectivity index (χ3v) is 4.35. The summed E-state index contributed by atoms with van der Waals surface area (Å²) in [6, 6.07) is 9.70. The van der Waals surface area contributed by atoms with Crippen LogP contribution in [0.25, 0.3) is 10.1 Å². The summed E-state index contributed by atoms with van der Waals surface area (Å²) in [6.45, 7) is 0.582. The van der Waals surface area contributed by atoms with Gasteiger partial charge in [-0.05, 0) is 24.6 Å². The van der Waals surface area contributed by atoms with Gasteiger partial charge in [-0.25, -0.2) is 8.78 Å². The van der Waals surface area contributed by atoms with Crippen LogP contribution in [0.3, 0.4) is 0 Å². The number of likely N-dealkylation sites (N-methyl/N-ethyl adjacent to an activating group) is 2. The molecule has 0 aliphatic carbocycles. The fraction of sp³-hybridized carbons (Fsp3) is 0.400. The van der Waals surface area contributed by atoms with E-state index in [1.165, 1.54) is 16.2 Å². The van der Waals surface area contributed by atoms with Crippen molar-refractivity contribution in [1.82, 2.24) is 9.80 Å². The summed E-state index contributed by atoms with van der Waals surface area (Å²) >= 11 is 1.45. The summed E-state index contributed by atoms with van der Waals surface area (Å²) < 4.78 is 25.5. The monoisotopic (exact) mass is 312 g/mol. The Balaban J connectivity index is 1.95. The van der Waals surface area contributed by atoms with E-state index in [0.717, 1.165) is 10.1 Å². The molecule has 0 N–H and O–H groups in total. The summed E-state index contributed by atoms with van der Waals surface area (Å²) in [5, 5.41) is 1.05. The summed E-state index contributed by atoms with van der Waals surface area (Å²) in [5.74, 6) is -0.0679. The SMILES string of the molecule is CN(CCN(C)C(=O)c1cc2ccccc2s1)CC(F)F. The number of benzene rings is 1. The minimum Gasteiger partial charge on any atom is -0.340 e. The van der Waals surface area contributed by atoms with Crippen LogP contribution in [0.1, 0.15) is 9.67 Å². The second kappa shape index (κ2) is 6.95. The Morgan fingerprint density at radius 1 is 1.24 bits per heavy atom. The molecule has 21 heavy (non-hydrogen) atoms. The Hall–Kier alpha value is -1.53. The van der Waals surface area contributed by atoms with Crippen molar-refractivity contribution in [3.63, 3.8) is 0 Å². The number of amides is 1. The number of carbonyl (C=O) groups is 1. The van der Waals surface area contributed by atoms with Gasteiger partial charge in [-0.1, -0.05) is 18.2 Å². The number of hydrogen-bond donors (Lipinski definition) is 0. The average Bonchev–Trinajstić information content (AvgIpc) is 2.87. The minimum atomic E-state index is -2.35. The van der Waals surface area contributed by atoms with E-state index in [1.807, 2.05) is 30.3 Å². The first-order valence-electron chi connectivity index (χ1n) is 6.68. The molecule has 0 bridgehead atoms. The summed E-state index contributed by atoms with van der Waals surface area (Å²) in [7, 11) is 3.33. The zero-order valence-corrected chi connectivity index (χ0v) is 12.9. The topological polar surface area (TPSA) is 23.6 Å². The van der Waals surface area contributed by atoms with Gasteiger partial charge in [0, 0.05) is 24.8 Å². The quantitative estimate of drug-likeness (QED) is 0.818. The molecular weight excluding hydrogens is 294 g/mol. The Labute approximate surface area is 126 Å². The summed E-state index contributed by atoms with van der Waals surface area (Å²) in [4.78, 5) is 16.1. The first-order chi connectivity index (χ1) is 9.97. The molecule has 1 aromatic carbocycles. The lowest BCUT2D eigenvalue weighted by molar-refractivity contribution is 0.0749. The fourth-order valence-electron chi connectivity index (χ4n) is 2.02. The van der Waals surface area contributed by atoms with Crippen molar-refractivity contribution in [3.05, 3.63) is 35.2 Å². The lowest BCUT2D eigenvalue weighted by Crippen LogP contribution is -2.36. The number of alkyl halides is 2. The Kier molecular flexibility index (Phi) is 5.25. The van der Waals surface area contributed by atoms with Crippen LogP contribution in [-0.4, -0.2) is 55.9 Å². The molecule has 0 spiro atoms. The second-order valence-corrected chi connectivity index (χ2v) is 6.11.